The topological polar surface area (TPSA) is 24.9 Å². The molecule has 72 valence electrons. The molecule has 0 bridgehead atoms. The lowest BCUT2D eigenvalue weighted by Crippen LogP contribution is -2.30. The molecule has 1 unspecified atom stereocenters. The first-order valence-electron chi connectivity index (χ1n) is 4.84. The van der Waals surface area contributed by atoms with E-state index in [0.29, 0.717) is 11.5 Å². The summed E-state index contributed by atoms with van der Waals surface area (Å²) < 4.78 is 0. The molecule has 13 heavy (non-hydrogen) atoms. The second-order valence-electron chi connectivity index (χ2n) is 4.41. The summed E-state index contributed by atoms with van der Waals surface area (Å²) in [6, 6.07) is 0.610. The van der Waals surface area contributed by atoms with Crippen molar-refractivity contribution in [1.82, 2.24) is 4.98 Å². The maximum Gasteiger partial charge on any atom is 0.182 e. The predicted octanol–water partition coefficient (Wildman–Crippen LogP) is 3.13. The van der Waals surface area contributed by atoms with Crippen molar-refractivity contribution < 1.29 is 0 Å². The summed E-state index contributed by atoms with van der Waals surface area (Å²) in [5, 5.41) is 6.61. The summed E-state index contributed by atoms with van der Waals surface area (Å²) in [6.45, 7) is 4.68. The van der Waals surface area contributed by atoms with E-state index in [4.69, 9.17) is 0 Å². The van der Waals surface area contributed by atoms with Gasteiger partial charge in [-0.2, -0.15) is 0 Å². The predicted molar refractivity (Wildman–Crippen MR) is 57.2 cm³/mol. The van der Waals surface area contributed by atoms with Crippen LogP contribution in [0.15, 0.2) is 11.6 Å². The highest BCUT2D eigenvalue weighted by Gasteiger charge is 2.34. The second-order valence-corrected chi connectivity index (χ2v) is 5.31. The zero-order valence-corrected chi connectivity index (χ0v) is 9.03. The fourth-order valence-corrected chi connectivity index (χ4v) is 2.62. The monoisotopic (exact) mass is 196 g/mol. The van der Waals surface area contributed by atoms with Crippen LogP contribution in [-0.4, -0.2) is 11.0 Å². The smallest absolute Gasteiger partial charge is 0.182 e. The van der Waals surface area contributed by atoms with Crippen LogP contribution in [-0.2, 0) is 0 Å². The van der Waals surface area contributed by atoms with Crippen LogP contribution in [0.3, 0.4) is 0 Å². The molecule has 1 aliphatic carbocycles. The molecule has 1 N–H and O–H groups in total. The fourth-order valence-electron chi connectivity index (χ4n) is 2.04. The Morgan fingerprint density at radius 2 is 2.46 bits per heavy atom. The van der Waals surface area contributed by atoms with E-state index < -0.39 is 0 Å². The number of hydrogen-bond acceptors (Lipinski definition) is 3. The molecule has 1 heterocycles. The van der Waals surface area contributed by atoms with E-state index in [-0.39, 0.29) is 0 Å². The van der Waals surface area contributed by atoms with Crippen molar-refractivity contribution in [2.45, 2.75) is 39.2 Å². The maximum atomic E-state index is 4.25. The highest BCUT2D eigenvalue weighted by Crippen LogP contribution is 2.39. The van der Waals surface area contributed by atoms with Crippen LogP contribution in [0.2, 0.25) is 0 Å². The average Bonchev–Trinajstić information content (AvgIpc) is 2.63. The number of rotatable bonds is 2. The molecule has 0 radical (unpaired) electrons. The Balaban J connectivity index is 2.02. The normalized spacial score (nSPS) is 26.2. The molecule has 3 heteroatoms. The van der Waals surface area contributed by atoms with Crippen LogP contribution in [0.1, 0.15) is 33.1 Å². The Kier molecular flexibility index (Phi) is 2.28. The van der Waals surface area contributed by atoms with Gasteiger partial charge in [-0.25, -0.2) is 4.98 Å². The van der Waals surface area contributed by atoms with Gasteiger partial charge in [0.25, 0.3) is 0 Å². The van der Waals surface area contributed by atoms with Crippen molar-refractivity contribution in [2.24, 2.45) is 5.41 Å². The number of aromatic nitrogens is 1. The Morgan fingerprint density at radius 3 is 3.00 bits per heavy atom. The molecule has 1 atom stereocenters. The van der Waals surface area contributed by atoms with Crippen LogP contribution in [0, 0.1) is 5.41 Å². The van der Waals surface area contributed by atoms with E-state index in [0.717, 1.165) is 5.13 Å². The molecule has 0 spiro atoms. The first kappa shape index (κ1) is 9.00. The standard InChI is InChI=1S/C10H16N2S/c1-10(2)5-3-4-8(10)12-9-11-6-7-13-9/h6-8H,3-5H2,1-2H3,(H,11,12). The lowest BCUT2D eigenvalue weighted by molar-refractivity contribution is 0.350. The molecule has 2 rings (SSSR count). The molecule has 1 aliphatic rings. The van der Waals surface area contributed by atoms with E-state index in [2.05, 4.69) is 24.1 Å². The summed E-state index contributed by atoms with van der Waals surface area (Å²) in [7, 11) is 0. The third-order valence-corrected chi connectivity index (χ3v) is 3.69. The lowest BCUT2D eigenvalue weighted by Gasteiger charge is -2.27. The fraction of sp³-hybridized carbons (Fsp3) is 0.700. The average molecular weight is 196 g/mol. The van der Waals surface area contributed by atoms with E-state index in [9.17, 15) is 0 Å². The van der Waals surface area contributed by atoms with Crippen molar-refractivity contribution in [3.63, 3.8) is 0 Å². The number of nitrogens with zero attached hydrogens (tertiary/aromatic N) is 1. The molecule has 1 aromatic heterocycles. The lowest BCUT2D eigenvalue weighted by atomic mass is 9.87. The Morgan fingerprint density at radius 1 is 1.62 bits per heavy atom. The first-order chi connectivity index (χ1) is 6.18. The summed E-state index contributed by atoms with van der Waals surface area (Å²) >= 11 is 1.69. The quantitative estimate of drug-likeness (QED) is 0.786. The first-order valence-corrected chi connectivity index (χ1v) is 5.72. The highest BCUT2D eigenvalue weighted by molar-refractivity contribution is 7.13. The Hall–Kier alpha value is -0.570. The van der Waals surface area contributed by atoms with E-state index >= 15 is 0 Å². The van der Waals surface area contributed by atoms with Crippen LogP contribution < -0.4 is 5.32 Å². The number of hydrogen-bond donors (Lipinski definition) is 1. The van der Waals surface area contributed by atoms with Crippen LogP contribution >= 0.6 is 11.3 Å². The molecule has 0 aromatic carbocycles. The Labute approximate surface area is 83.4 Å². The van der Waals surface area contributed by atoms with Crippen molar-refractivity contribution in [3.8, 4) is 0 Å². The van der Waals surface area contributed by atoms with Crippen molar-refractivity contribution in [2.75, 3.05) is 5.32 Å². The van der Waals surface area contributed by atoms with Gasteiger partial charge in [0.1, 0.15) is 0 Å². The molecule has 1 fully saturated rings. The molecular formula is C10H16N2S. The van der Waals surface area contributed by atoms with Gasteiger partial charge in [-0.15, -0.1) is 11.3 Å². The molecular weight excluding hydrogens is 180 g/mol. The van der Waals surface area contributed by atoms with Gasteiger partial charge in [0, 0.05) is 17.6 Å². The van der Waals surface area contributed by atoms with Crippen molar-refractivity contribution in [3.05, 3.63) is 11.6 Å². The molecule has 1 saturated carbocycles. The van der Waals surface area contributed by atoms with Gasteiger partial charge < -0.3 is 5.32 Å². The van der Waals surface area contributed by atoms with Gasteiger partial charge in [-0.3, -0.25) is 0 Å². The zero-order chi connectivity index (χ0) is 9.31. The third kappa shape index (κ3) is 1.85. The van der Waals surface area contributed by atoms with Crippen molar-refractivity contribution in [1.29, 1.82) is 0 Å². The molecule has 0 saturated heterocycles. The van der Waals surface area contributed by atoms with Gasteiger partial charge in [0.2, 0.25) is 0 Å². The largest absolute Gasteiger partial charge is 0.358 e. The van der Waals surface area contributed by atoms with Gasteiger partial charge in [-0.05, 0) is 18.3 Å². The van der Waals surface area contributed by atoms with Crippen LogP contribution in [0.25, 0.3) is 0 Å². The van der Waals surface area contributed by atoms with Crippen molar-refractivity contribution >= 4 is 16.5 Å². The zero-order valence-electron chi connectivity index (χ0n) is 8.21. The van der Waals surface area contributed by atoms with Gasteiger partial charge in [0.05, 0.1) is 0 Å². The molecule has 0 aliphatic heterocycles. The van der Waals surface area contributed by atoms with E-state index in [1.165, 1.54) is 19.3 Å². The summed E-state index contributed by atoms with van der Waals surface area (Å²) in [6.07, 6.45) is 5.81. The SMILES string of the molecule is CC1(C)CCCC1Nc1nccs1. The Bertz CT molecular complexity index is 266. The highest BCUT2D eigenvalue weighted by atomic mass is 32.1. The summed E-state index contributed by atoms with van der Waals surface area (Å²) in [4.78, 5) is 4.25. The van der Waals surface area contributed by atoms with E-state index in [1.54, 1.807) is 11.3 Å². The van der Waals surface area contributed by atoms with Gasteiger partial charge in [-0.1, -0.05) is 20.3 Å². The summed E-state index contributed by atoms with van der Waals surface area (Å²) in [5.41, 5.74) is 0.436. The number of nitrogens with one attached hydrogen (secondary N) is 1. The molecule has 0 amide bonds. The third-order valence-electron chi connectivity index (χ3n) is 2.99. The van der Waals surface area contributed by atoms with Gasteiger partial charge >= 0.3 is 0 Å². The molecule has 1 aromatic rings. The number of thiazole rings is 1. The minimum absolute atomic E-state index is 0.436. The minimum atomic E-state index is 0.436. The second kappa shape index (κ2) is 3.29. The van der Waals surface area contributed by atoms with E-state index in [1.807, 2.05) is 11.6 Å². The molecule has 2 nitrogen and oxygen atoms in total. The maximum absolute atomic E-state index is 4.25. The van der Waals surface area contributed by atoms with Gasteiger partial charge in [0.15, 0.2) is 5.13 Å². The summed E-state index contributed by atoms with van der Waals surface area (Å²) in [5.74, 6) is 0. The minimum Gasteiger partial charge on any atom is -0.358 e. The number of anilines is 1. The van der Waals surface area contributed by atoms with Crippen LogP contribution in [0.5, 0.6) is 0 Å². The van der Waals surface area contributed by atoms with Crippen LogP contribution in [0.4, 0.5) is 5.13 Å².